The van der Waals surface area contributed by atoms with Crippen LogP contribution in [0, 0.1) is 0 Å². The van der Waals surface area contributed by atoms with Crippen LogP contribution >= 0.6 is 0 Å². The molecule has 2 aromatic rings. The smallest absolute Gasteiger partial charge is 0.244 e. The van der Waals surface area contributed by atoms with E-state index >= 15 is 0 Å². The van der Waals surface area contributed by atoms with Crippen molar-refractivity contribution >= 4 is 11.6 Å². The molecule has 0 fully saturated rings. The third kappa shape index (κ3) is 6.33. The fourth-order valence-corrected chi connectivity index (χ4v) is 2.71. The molecular weight excluding hydrogens is 342 g/mol. The number of carbonyl (C=O) groups is 1. The number of nitrogens with zero attached hydrogens (tertiary/aromatic N) is 1. The summed E-state index contributed by atoms with van der Waals surface area (Å²) in [5.41, 5.74) is 7.75. The number of carbonyl (C=O) groups excluding carboxylic acids is 1. The number of anilines is 1. The molecule has 144 valence electrons. The Kier molecular flexibility index (Phi) is 7.67. The van der Waals surface area contributed by atoms with Crippen molar-refractivity contribution in [3.63, 3.8) is 0 Å². The molecule has 0 aliphatic heterocycles. The zero-order valence-electron chi connectivity index (χ0n) is 15.8. The lowest BCUT2D eigenvalue weighted by Crippen LogP contribution is -2.16. The summed E-state index contributed by atoms with van der Waals surface area (Å²) >= 11 is 0. The first-order valence-electron chi connectivity index (χ1n) is 9.18. The van der Waals surface area contributed by atoms with E-state index in [4.69, 9.17) is 10.5 Å². The van der Waals surface area contributed by atoms with Gasteiger partial charge in [-0.25, -0.2) is 4.98 Å². The van der Waals surface area contributed by atoms with E-state index in [0.717, 1.165) is 42.2 Å². The van der Waals surface area contributed by atoms with Gasteiger partial charge in [-0.05, 0) is 42.7 Å². The summed E-state index contributed by atoms with van der Waals surface area (Å²) in [6.45, 7) is 4.39. The van der Waals surface area contributed by atoms with E-state index in [1.165, 1.54) is 0 Å². The summed E-state index contributed by atoms with van der Waals surface area (Å²) in [4.78, 5) is 15.1. The van der Waals surface area contributed by atoms with E-state index in [0.29, 0.717) is 5.88 Å². The minimum Gasteiger partial charge on any atom is -0.510 e. The highest BCUT2D eigenvalue weighted by Gasteiger charge is 2.13. The van der Waals surface area contributed by atoms with E-state index in [1.807, 2.05) is 36.4 Å². The second-order valence-electron chi connectivity index (χ2n) is 6.26. The first-order chi connectivity index (χ1) is 13.0. The van der Waals surface area contributed by atoms with Gasteiger partial charge in [0.05, 0.1) is 6.54 Å². The number of amides is 1. The highest BCUT2D eigenvalue weighted by atomic mass is 16.5. The Morgan fingerprint density at radius 1 is 1.30 bits per heavy atom. The first-order valence-corrected chi connectivity index (χ1v) is 9.18. The third-order valence-electron chi connectivity index (χ3n) is 4.09. The molecule has 0 aliphatic rings. The number of rotatable bonds is 10. The molecule has 1 aromatic carbocycles. The average molecular weight is 369 g/mol. The average Bonchev–Trinajstić information content (AvgIpc) is 2.66. The number of hydrogen-bond donors (Lipinski definition) is 3. The van der Waals surface area contributed by atoms with E-state index in [-0.39, 0.29) is 18.4 Å². The van der Waals surface area contributed by atoms with Crippen molar-refractivity contribution in [3.8, 4) is 17.0 Å². The number of pyridine rings is 1. The standard InChI is InChI=1S/C21H27N3O3/c1-3-6-18(4-2)27-21-19(7-5-12-23-21)15-8-10-16(11-9-15)24-14-17(25)13-20(22)26/h5,7-13,18,24-25H,3-4,6,14H2,1-2H3,(H2,22,26)/b17-13-/t18-/m0/s1. The van der Waals surface area contributed by atoms with Crippen molar-refractivity contribution in [2.24, 2.45) is 5.73 Å². The van der Waals surface area contributed by atoms with Crippen LogP contribution in [0.4, 0.5) is 5.69 Å². The Bertz CT molecular complexity index is 772. The quantitative estimate of drug-likeness (QED) is 0.434. The van der Waals surface area contributed by atoms with Crippen LogP contribution in [0.5, 0.6) is 5.88 Å². The van der Waals surface area contributed by atoms with Gasteiger partial charge in [-0.1, -0.05) is 32.4 Å². The summed E-state index contributed by atoms with van der Waals surface area (Å²) in [7, 11) is 0. The molecule has 1 heterocycles. The van der Waals surface area contributed by atoms with E-state index < -0.39 is 5.91 Å². The second-order valence-corrected chi connectivity index (χ2v) is 6.26. The molecule has 0 aliphatic carbocycles. The van der Waals surface area contributed by atoms with Gasteiger partial charge in [-0.15, -0.1) is 0 Å². The first kappa shape index (κ1) is 20.3. The topological polar surface area (TPSA) is 97.5 Å². The molecule has 4 N–H and O–H groups in total. The zero-order valence-corrected chi connectivity index (χ0v) is 15.8. The van der Waals surface area contributed by atoms with Gasteiger partial charge in [-0.2, -0.15) is 0 Å². The SMILES string of the molecule is CCC[C@H](CC)Oc1ncccc1-c1ccc(NC/C(O)=C/C(N)=O)cc1. The third-order valence-corrected chi connectivity index (χ3v) is 4.09. The summed E-state index contributed by atoms with van der Waals surface area (Å²) in [5.74, 6) is -0.154. The van der Waals surface area contributed by atoms with Gasteiger partial charge in [0.2, 0.25) is 11.8 Å². The normalized spacial score (nSPS) is 12.4. The van der Waals surface area contributed by atoms with Crippen LogP contribution in [0.1, 0.15) is 33.1 Å². The number of primary amides is 1. The van der Waals surface area contributed by atoms with Crippen LogP contribution in [-0.4, -0.2) is 28.6 Å². The predicted octanol–water partition coefficient (Wildman–Crippen LogP) is 4.05. The van der Waals surface area contributed by atoms with Gasteiger partial charge >= 0.3 is 0 Å². The van der Waals surface area contributed by atoms with Gasteiger partial charge in [0, 0.05) is 23.5 Å². The van der Waals surface area contributed by atoms with Crippen molar-refractivity contribution in [2.75, 3.05) is 11.9 Å². The Morgan fingerprint density at radius 2 is 2.04 bits per heavy atom. The van der Waals surface area contributed by atoms with E-state index in [1.54, 1.807) is 6.20 Å². The van der Waals surface area contributed by atoms with Crippen LogP contribution in [0.25, 0.3) is 11.1 Å². The molecule has 0 spiro atoms. The molecule has 6 heteroatoms. The summed E-state index contributed by atoms with van der Waals surface area (Å²) < 4.78 is 6.12. The Balaban J connectivity index is 2.12. The van der Waals surface area contributed by atoms with Crippen LogP contribution in [0.2, 0.25) is 0 Å². The van der Waals surface area contributed by atoms with Crippen molar-refractivity contribution in [2.45, 2.75) is 39.2 Å². The predicted molar refractivity (Wildman–Crippen MR) is 108 cm³/mol. The molecular formula is C21H27N3O3. The maximum Gasteiger partial charge on any atom is 0.244 e. The number of aromatic nitrogens is 1. The van der Waals surface area contributed by atoms with Gasteiger partial charge in [-0.3, -0.25) is 4.79 Å². The zero-order chi connectivity index (χ0) is 19.6. The molecule has 27 heavy (non-hydrogen) atoms. The number of ether oxygens (including phenoxy) is 1. The number of aliphatic hydroxyl groups excluding tert-OH is 1. The van der Waals surface area contributed by atoms with Gasteiger partial charge in [0.15, 0.2) is 0 Å². The second kappa shape index (κ2) is 10.2. The van der Waals surface area contributed by atoms with E-state index in [2.05, 4.69) is 24.1 Å². The fraction of sp³-hybridized carbons (Fsp3) is 0.333. The summed E-state index contributed by atoms with van der Waals surface area (Å²) in [6, 6.07) is 11.6. The maximum absolute atomic E-state index is 10.7. The van der Waals surface area contributed by atoms with Gasteiger partial charge < -0.3 is 20.9 Å². The van der Waals surface area contributed by atoms with Gasteiger partial charge in [0.1, 0.15) is 11.9 Å². The molecule has 0 bridgehead atoms. The van der Waals surface area contributed by atoms with Crippen molar-refractivity contribution in [1.82, 2.24) is 4.98 Å². The molecule has 6 nitrogen and oxygen atoms in total. The van der Waals surface area contributed by atoms with Crippen LogP contribution in [0.15, 0.2) is 54.4 Å². The monoisotopic (exact) mass is 369 g/mol. The molecule has 2 rings (SSSR count). The van der Waals surface area contributed by atoms with Crippen LogP contribution in [-0.2, 0) is 4.79 Å². The van der Waals surface area contributed by atoms with E-state index in [9.17, 15) is 9.90 Å². The Labute approximate surface area is 160 Å². The molecule has 1 atom stereocenters. The number of benzene rings is 1. The van der Waals surface area contributed by atoms with Crippen molar-refractivity contribution < 1.29 is 14.6 Å². The number of nitrogens with two attached hydrogens (primary N) is 1. The minimum atomic E-state index is -0.679. The molecule has 0 saturated heterocycles. The lowest BCUT2D eigenvalue weighted by Gasteiger charge is -2.18. The summed E-state index contributed by atoms with van der Waals surface area (Å²) in [5, 5.41) is 12.6. The van der Waals surface area contributed by atoms with Gasteiger partial charge in [0.25, 0.3) is 0 Å². The van der Waals surface area contributed by atoms with Crippen molar-refractivity contribution in [3.05, 3.63) is 54.4 Å². The lowest BCUT2D eigenvalue weighted by atomic mass is 10.1. The maximum atomic E-state index is 10.7. The molecule has 0 saturated carbocycles. The number of aliphatic hydroxyl groups is 1. The molecule has 0 unspecified atom stereocenters. The lowest BCUT2D eigenvalue weighted by molar-refractivity contribution is -0.113. The highest BCUT2D eigenvalue weighted by molar-refractivity contribution is 5.86. The number of hydrogen-bond acceptors (Lipinski definition) is 5. The Hall–Kier alpha value is -3.02. The van der Waals surface area contributed by atoms with Crippen molar-refractivity contribution in [1.29, 1.82) is 0 Å². The Morgan fingerprint density at radius 3 is 2.67 bits per heavy atom. The highest BCUT2D eigenvalue weighted by Crippen LogP contribution is 2.30. The molecule has 1 aromatic heterocycles. The molecule has 1 amide bonds. The largest absolute Gasteiger partial charge is 0.510 e. The number of nitrogens with one attached hydrogen (secondary N) is 1. The van der Waals surface area contributed by atoms with Crippen LogP contribution < -0.4 is 15.8 Å². The fourth-order valence-electron chi connectivity index (χ4n) is 2.71. The summed E-state index contributed by atoms with van der Waals surface area (Å²) in [6.07, 6.45) is 5.89. The van der Waals surface area contributed by atoms with Crippen LogP contribution in [0.3, 0.4) is 0 Å². The molecule has 0 radical (unpaired) electrons. The minimum absolute atomic E-state index is 0.115.